The predicted molar refractivity (Wildman–Crippen MR) is 64.8 cm³/mol. The molecule has 2 aromatic rings. The van der Waals surface area contributed by atoms with Gasteiger partial charge >= 0.3 is 0 Å². The first kappa shape index (κ1) is 11.1. The van der Waals surface area contributed by atoms with E-state index in [0.29, 0.717) is 12.4 Å². The van der Waals surface area contributed by atoms with Crippen LogP contribution in [0.2, 0.25) is 0 Å². The monoisotopic (exact) mass is 282 g/mol. The lowest BCUT2D eigenvalue weighted by atomic mass is 10.1. The molecule has 0 aliphatic carbocycles. The first-order chi connectivity index (χ1) is 7.65. The predicted octanol–water partition coefficient (Wildman–Crippen LogP) is 2.78. The molecule has 1 aromatic carbocycles. The Hall–Kier alpha value is -1.36. The fraction of sp³-hybridized carbons (Fsp3) is 0.273. The number of carbonyl (C=O) groups is 1. The van der Waals surface area contributed by atoms with E-state index in [1.54, 1.807) is 0 Å². The Kier molecular flexibility index (Phi) is 3.24. The van der Waals surface area contributed by atoms with Gasteiger partial charge in [0.15, 0.2) is 11.5 Å². The SMILES string of the molecule is Cc1nc2ccc(CCNC(=O)Br)cc2o1. The molecule has 0 bridgehead atoms. The zero-order chi connectivity index (χ0) is 11.5. The van der Waals surface area contributed by atoms with Crippen LogP contribution in [0.3, 0.4) is 0 Å². The third-order valence-electron chi connectivity index (χ3n) is 2.24. The number of aromatic nitrogens is 1. The van der Waals surface area contributed by atoms with Crippen molar-refractivity contribution in [2.45, 2.75) is 13.3 Å². The van der Waals surface area contributed by atoms with Gasteiger partial charge in [-0.2, -0.15) is 0 Å². The number of amides is 1. The molecule has 16 heavy (non-hydrogen) atoms. The van der Waals surface area contributed by atoms with Crippen LogP contribution in [0.25, 0.3) is 11.1 Å². The van der Waals surface area contributed by atoms with Crippen molar-refractivity contribution in [2.75, 3.05) is 6.54 Å². The molecule has 5 heteroatoms. The summed E-state index contributed by atoms with van der Waals surface area (Å²) in [5.74, 6) is 0.668. The number of nitrogens with one attached hydrogen (secondary N) is 1. The van der Waals surface area contributed by atoms with Crippen LogP contribution in [0.15, 0.2) is 22.6 Å². The van der Waals surface area contributed by atoms with Gasteiger partial charge in [0.05, 0.1) is 0 Å². The highest BCUT2D eigenvalue weighted by atomic mass is 79.9. The molecule has 0 fully saturated rings. The Bertz CT molecular complexity index is 522. The summed E-state index contributed by atoms with van der Waals surface area (Å²) in [4.78, 5) is 14.7. The van der Waals surface area contributed by atoms with E-state index in [2.05, 4.69) is 26.2 Å². The quantitative estimate of drug-likeness (QED) is 0.696. The summed E-state index contributed by atoms with van der Waals surface area (Å²) in [5, 5.41) is 2.68. The van der Waals surface area contributed by atoms with Gasteiger partial charge in [-0.05, 0) is 24.1 Å². The summed E-state index contributed by atoms with van der Waals surface area (Å²) in [6.45, 7) is 2.42. The molecule has 0 atom stereocenters. The molecule has 1 heterocycles. The standard InChI is InChI=1S/C11H11BrN2O2/c1-7-14-9-3-2-8(6-10(9)16-7)4-5-13-11(12)15/h2-3,6H,4-5H2,1H3,(H,13,15). The van der Waals surface area contributed by atoms with Gasteiger partial charge in [-0.3, -0.25) is 4.79 Å². The molecule has 1 N–H and O–H groups in total. The number of hydrogen-bond donors (Lipinski definition) is 1. The number of benzene rings is 1. The van der Waals surface area contributed by atoms with Crippen LogP contribution >= 0.6 is 15.9 Å². The molecule has 0 saturated heterocycles. The lowest BCUT2D eigenvalue weighted by molar-refractivity contribution is 0.262. The van der Waals surface area contributed by atoms with E-state index in [1.807, 2.05) is 25.1 Å². The average Bonchev–Trinajstić information content (AvgIpc) is 2.56. The highest BCUT2D eigenvalue weighted by molar-refractivity contribution is 9.18. The normalized spacial score (nSPS) is 10.6. The molecular weight excluding hydrogens is 272 g/mol. The molecule has 1 amide bonds. The van der Waals surface area contributed by atoms with Gasteiger partial charge < -0.3 is 9.73 Å². The van der Waals surface area contributed by atoms with Crippen molar-refractivity contribution in [1.82, 2.24) is 10.3 Å². The minimum Gasteiger partial charge on any atom is -0.441 e. The van der Waals surface area contributed by atoms with Crippen LogP contribution in [0, 0.1) is 6.92 Å². The highest BCUT2D eigenvalue weighted by Crippen LogP contribution is 2.16. The highest BCUT2D eigenvalue weighted by Gasteiger charge is 2.03. The van der Waals surface area contributed by atoms with E-state index in [9.17, 15) is 4.79 Å². The first-order valence-electron chi connectivity index (χ1n) is 4.94. The van der Waals surface area contributed by atoms with Crippen LogP contribution in [0.1, 0.15) is 11.5 Å². The number of halogens is 1. The van der Waals surface area contributed by atoms with Crippen LogP contribution in [0.5, 0.6) is 0 Å². The second kappa shape index (κ2) is 4.65. The van der Waals surface area contributed by atoms with Crippen LogP contribution in [-0.2, 0) is 6.42 Å². The zero-order valence-corrected chi connectivity index (χ0v) is 10.4. The largest absolute Gasteiger partial charge is 0.441 e. The number of nitrogens with zero attached hydrogens (tertiary/aromatic N) is 1. The Morgan fingerprint density at radius 1 is 1.56 bits per heavy atom. The minimum absolute atomic E-state index is 0.191. The molecule has 0 saturated carbocycles. The molecule has 1 aromatic heterocycles. The summed E-state index contributed by atoms with van der Waals surface area (Å²) in [6.07, 6.45) is 0.771. The lowest BCUT2D eigenvalue weighted by Gasteiger charge is -2.01. The third kappa shape index (κ3) is 2.61. The maximum Gasteiger partial charge on any atom is 0.287 e. The van der Waals surface area contributed by atoms with E-state index >= 15 is 0 Å². The van der Waals surface area contributed by atoms with E-state index in [4.69, 9.17) is 4.42 Å². The third-order valence-corrected chi connectivity index (χ3v) is 2.52. The molecule has 0 radical (unpaired) electrons. The number of oxazole rings is 1. The molecule has 0 aliphatic heterocycles. The Labute approximate surface area is 101 Å². The molecule has 4 nitrogen and oxygen atoms in total. The van der Waals surface area contributed by atoms with Crippen LogP contribution in [-0.4, -0.2) is 16.3 Å². The fourth-order valence-corrected chi connectivity index (χ4v) is 1.74. The smallest absolute Gasteiger partial charge is 0.287 e. The number of carbonyl (C=O) groups excluding carboxylic acids is 1. The zero-order valence-electron chi connectivity index (χ0n) is 8.79. The van der Waals surface area contributed by atoms with Crippen LogP contribution < -0.4 is 5.32 Å². The van der Waals surface area contributed by atoms with Crippen molar-refractivity contribution in [3.8, 4) is 0 Å². The lowest BCUT2D eigenvalue weighted by Crippen LogP contribution is -2.18. The molecule has 0 unspecified atom stereocenters. The number of hydrogen-bond acceptors (Lipinski definition) is 3. The Balaban J connectivity index is 2.10. The van der Waals surface area contributed by atoms with Crippen molar-refractivity contribution in [3.63, 3.8) is 0 Å². The van der Waals surface area contributed by atoms with Crippen molar-refractivity contribution in [2.24, 2.45) is 0 Å². The van der Waals surface area contributed by atoms with Gasteiger partial charge in [-0.25, -0.2) is 4.98 Å². The topological polar surface area (TPSA) is 55.1 Å². The number of aryl methyl sites for hydroxylation is 1. The van der Waals surface area contributed by atoms with Crippen molar-refractivity contribution in [1.29, 1.82) is 0 Å². The summed E-state index contributed by atoms with van der Waals surface area (Å²) in [7, 11) is 0. The van der Waals surface area contributed by atoms with Crippen molar-refractivity contribution in [3.05, 3.63) is 29.7 Å². The van der Waals surface area contributed by atoms with E-state index in [1.165, 1.54) is 0 Å². The minimum atomic E-state index is -0.191. The molecule has 84 valence electrons. The second-order valence-electron chi connectivity index (χ2n) is 3.49. The van der Waals surface area contributed by atoms with Gasteiger partial charge in [-0.1, -0.05) is 6.07 Å². The van der Waals surface area contributed by atoms with Crippen LogP contribution in [0.4, 0.5) is 4.79 Å². The van der Waals surface area contributed by atoms with E-state index in [-0.39, 0.29) is 4.82 Å². The molecule has 2 rings (SSSR count). The molecular formula is C11H11BrN2O2. The van der Waals surface area contributed by atoms with Gasteiger partial charge in [0.25, 0.3) is 4.82 Å². The number of fused-ring (bicyclic) bond motifs is 1. The maximum atomic E-state index is 10.6. The summed E-state index contributed by atoms with van der Waals surface area (Å²) in [5.41, 5.74) is 2.77. The molecule has 0 aliphatic rings. The Morgan fingerprint density at radius 2 is 2.38 bits per heavy atom. The van der Waals surface area contributed by atoms with Crippen molar-refractivity contribution < 1.29 is 9.21 Å². The van der Waals surface area contributed by atoms with E-state index < -0.39 is 0 Å². The van der Waals surface area contributed by atoms with Gasteiger partial charge in [-0.15, -0.1) is 0 Å². The Morgan fingerprint density at radius 3 is 3.12 bits per heavy atom. The number of rotatable bonds is 3. The summed E-state index contributed by atoms with van der Waals surface area (Å²) in [6, 6.07) is 5.87. The maximum absolute atomic E-state index is 10.6. The van der Waals surface area contributed by atoms with Crippen molar-refractivity contribution >= 4 is 31.8 Å². The average molecular weight is 283 g/mol. The second-order valence-corrected chi connectivity index (χ2v) is 4.21. The van der Waals surface area contributed by atoms with Gasteiger partial charge in [0.2, 0.25) is 0 Å². The molecule has 0 spiro atoms. The van der Waals surface area contributed by atoms with Gasteiger partial charge in [0.1, 0.15) is 5.52 Å². The summed E-state index contributed by atoms with van der Waals surface area (Å²) >= 11 is 2.81. The fourth-order valence-electron chi connectivity index (χ4n) is 1.54. The van der Waals surface area contributed by atoms with Gasteiger partial charge in [0, 0.05) is 29.4 Å². The first-order valence-corrected chi connectivity index (χ1v) is 5.74. The summed E-state index contributed by atoms with van der Waals surface area (Å²) < 4.78 is 5.43. The van der Waals surface area contributed by atoms with E-state index in [0.717, 1.165) is 23.1 Å².